The van der Waals surface area contributed by atoms with Crippen LogP contribution < -0.4 is 0 Å². The van der Waals surface area contributed by atoms with Crippen LogP contribution in [0.1, 0.15) is 19.0 Å². The van der Waals surface area contributed by atoms with Crippen molar-refractivity contribution in [1.82, 2.24) is 9.78 Å². The number of halogens is 1. The molecule has 1 aromatic heterocycles. The summed E-state index contributed by atoms with van der Waals surface area (Å²) in [4.78, 5) is 0. The Hall–Kier alpha value is -0.310. The van der Waals surface area contributed by atoms with Crippen molar-refractivity contribution in [3.63, 3.8) is 0 Å². The van der Waals surface area contributed by atoms with Crippen molar-refractivity contribution < 1.29 is 0 Å². The van der Waals surface area contributed by atoms with Crippen molar-refractivity contribution in [2.75, 3.05) is 0 Å². The van der Waals surface area contributed by atoms with Crippen molar-refractivity contribution in [3.8, 4) is 0 Å². The molecule has 10 heavy (non-hydrogen) atoms. The Bertz CT molecular complexity index is 217. The molecule has 1 aromatic rings. The fraction of sp³-hybridized carbons (Fsp3) is 0.571. The molecule has 0 atom stereocenters. The molecule has 1 heterocycles. The molecule has 0 saturated heterocycles. The molecule has 0 aliphatic carbocycles. The maximum atomic E-state index is 4.17. The van der Waals surface area contributed by atoms with E-state index in [9.17, 15) is 0 Å². The van der Waals surface area contributed by atoms with Gasteiger partial charge in [-0.2, -0.15) is 5.10 Å². The summed E-state index contributed by atoms with van der Waals surface area (Å²) in [5.41, 5.74) is 1.21. The van der Waals surface area contributed by atoms with Crippen LogP contribution in [0.5, 0.6) is 0 Å². The number of aromatic nitrogens is 2. The predicted octanol–water partition coefficient (Wildman–Crippen LogP) is 2.36. The average molecular weight is 203 g/mol. The van der Waals surface area contributed by atoms with Crippen molar-refractivity contribution in [2.45, 2.75) is 26.8 Å². The zero-order valence-corrected chi connectivity index (χ0v) is 7.85. The zero-order valence-electron chi connectivity index (χ0n) is 6.26. The molecule has 56 valence electrons. The monoisotopic (exact) mass is 202 g/mol. The standard InChI is InChI=1S/C7H11BrN2/c1-3-4-10-6(2)7(8)5-9-10/h5H,3-4H2,1-2H3. The van der Waals surface area contributed by atoms with Crippen LogP contribution in [0.4, 0.5) is 0 Å². The number of hydrogen-bond donors (Lipinski definition) is 0. The van der Waals surface area contributed by atoms with Gasteiger partial charge in [-0.3, -0.25) is 4.68 Å². The molecule has 0 amide bonds. The van der Waals surface area contributed by atoms with Gasteiger partial charge in [0.2, 0.25) is 0 Å². The molecule has 0 fully saturated rings. The Kier molecular flexibility index (Phi) is 2.49. The molecule has 0 spiro atoms. The molecule has 0 saturated carbocycles. The van der Waals surface area contributed by atoms with E-state index in [1.54, 1.807) is 0 Å². The zero-order chi connectivity index (χ0) is 7.56. The normalized spacial score (nSPS) is 10.3. The van der Waals surface area contributed by atoms with E-state index in [-0.39, 0.29) is 0 Å². The summed E-state index contributed by atoms with van der Waals surface area (Å²) in [6, 6.07) is 0. The first-order valence-corrected chi connectivity index (χ1v) is 4.23. The maximum Gasteiger partial charge on any atom is 0.0635 e. The maximum absolute atomic E-state index is 4.17. The van der Waals surface area contributed by atoms with Crippen LogP contribution in [0.15, 0.2) is 10.7 Å². The van der Waals surface area contributed by atoms with Gasteiger partial charge in [0.1, 0.15) is 0 Å². The van der Waals surface area contributed by atoms with Gasteiger partial charge in [-0.05, 0) is 29.3 Å². The Morgan fingerprint density at radius 3 is 2.80 bits per heavy atom. The third-order valence-electron chi connectivity index (χ3n) is 1.48. The van der Waals surface area contributed by atoms with Gasteiger partial charge in [-0.25, -0.2) is 0 Å². The fourth-order valence-electron chi connectivity index (χ4n) is 0.861. The number of nitrogens with zero attached hydrogens (tertiary/aromatic N) is 2. The second-order valence-corrected chi connectivity index (χ2v) is 3.16. The van der Waals surface area contributed by atoms with Gasteiger partial charge in [-0.1, -0.05) is 6.92 Å². The van der Waals surface area contributed by atoms with E-state index < -0.39 is 0 Å². The van der Waals surface area contributed by atoms with E-state index in [2.05, 4.69) is 34.9 Å². The molecule has 0 N–H and O–H groups in total. The second kappa shape index (κ2) is 3.19. The van der Waals surface area contributed by atoms with Crippen molar-refractivity contribution in [2.24, 2.45) is 0 Å². The van der Waals surface area contributed by atoms with Crippen LogP contribution in [-0.2, 0) is 6.54 Å². The first-order chi connectivity index (χ1) is 4.75. The lowest BCUT2D eigenvalue weighted by Gasteiger charge is -1.99. The van der Waals surface area contributed by atoms with Crippen LogP contribution in [0.2, 0.25) is 0 Å². The SMILES string of the molecule is CCCn1ncc(Br)c1C. The minimum Gasteiger partial charge on any atom is -0.269 e. The van der Waals surface area contributed by atoms with Crippen molar-refractivity contribution >= 4 is 15.9 Å². The molecular formula is C7H11BrN2. The quantitative estimate of drug-likeness (QED) is 0.721. The van der Waals surface area contributed by atoms with Crippen LogP contribution in [0.25, 0.3) is 0 Å². The molecule has 1 rings (SSSR count). The van der Waals surface area contributed by atoms with E-state index >= 15 is 0 Å². The molecule has 0 bridgehead atoms. The smallest absolute Gasteiger partial charge is 0.0635 e. The summed E-state index contributed by atoms with van der Waals surface area (Å²) in [5.74, 6) is 0. The van der Waals surface area contributed by atoms with E-state index in [0.717, 1.165) is 17.4 Å². The topological polar surface area (TPSA) is 17.8 Å². The van der Waals surface area contributed by atoms with Crippen LogP contribution in [-0.4, -0.2) is 9.78 Å². The third kappa shape index (κ3) is 1.40. The summed E-state index contributed by atoms with van der Waals surface area (Å²) in [6.07, 6.45) is 2.97. The fourth-order valence-corrected chi connectivity index (χ4v) is 1.16. The molecule has 0 unspecified atom stereocenters. The van der Waals surface area contributed by atoms with Gasteiger partial charge in [0, 0.05) is 12.2 Å². The minimum absolute atomic E-state index is 1.01. The van der Waals surface area contributed by atoms with Crippen molar-refractivity contribution in [3.05, 3.63) is 16.4 Å². The Morgan fingerprint density at radius 2 is 2.40 bits per heavy atom. The molecule has 0 radical (unpaired) electrons. The van der Waals surface area contributed by atoms with E-state index in [1.165, 1.54) is 5.69 Å². The summed E-state index contributed by atoms with van der Waals surface area (Å²) in [7, 11) is 0. The first-order valence-electron chi connectivity index (χ1n) is 3.43. The summed E-state index contributed by atoms with van der Waals surface area (Å²) in [6.45, 7) is 5.22. The molecule has 2 nitrogen and oxygen atoms in total. The van der Waals surface area contributed by atoms with Gasteiger partial charge in [0.05, 0.1) is 10.7 Å². The van der Waals surface area contributed by atoms with E-state index in [4.69, 9.17) is 0 Å². The highest BCUT2D eigenvalue weighted by Gasteiger charge is 2.00. The first kappa shape index (κ1) is 7.79. The summed E-state index contributed by atoms with van der Waals surface area (Å²) in [5, 5.41) is 4.17. The lowest BCUT2D eigenvalue weighted by Crippen LogP contribution is -2.00. The third-order valence-corrected chi connectivity index (χ3v) is 2.26. The highest BCUT2D eigenvalue weighted by molar-refractivity contribution is 9.10. The van der Waals surface area contributed by atoms with E-state index in [1.807, 2.05) is 10.9 Å². The lowest BCUT2D eigenvalue weighted by molar-refractivity contribution is 0.587. The molecule has 0 aromatic carbocycles. The molecule has 0 aliphatic heterocycles. The molecule has 0 aliphatic rings. The van der Waals surface area contributed by atoms with Crippen molar-refractivity contribution in [1.29, 1.82) is 0 Å². The highest BCUT2D eigenvalue weighted by atomic mass is 79.9. The predicted molar refractivity (Wildman–Crippen MR) is 45.0 cm³/mol. The van der Waals surface area contributed by atoms with E-state index in [0.29, 0.717) is 0 Å². The highest BCUT2D eigenvalue weighted by Crippen LogP contribution is 2.13. The minimum atomic E-state index is 1.01. The van der Waals surface area contributed by atoms with Crippen LogP contribution in [0, 0.1) is 6.92 Å². The molecule has 3 heteroatoms. The largest absolute Gasteiger partial charge is 0.269 e. The Balaban J connectivity index is 2.83. The van der Waals surface area contributed by atoms with Gasteiger partial charge in [0.15, 0.2) is 0 Å². The van der Waals surface area contributed by atoms with Gasteiger partial charge in [-0.15, -0.1) is 0 Å². The van der Waals surface area contributed by atoms with Gasteiger partial charge >= 0.3 is 0 Å². The van der Waals surface area contributed by atoms with Gasteiger partial charge < -0.3 is 0 Å². The lowest BCUT2D eigenvalue weighted by atomic mass is 10.4. The number of rotatable bonds is 2. The number of hydrogen-bond acceptors (Lipinski definition) is 1. The van der Waals surface area contributed by atoms with Crippen LogP contribution in [0.3, 0.4) is 0 Å². The van der Waals surface area contributed by atoms with Gasteiger partial charge in [0.25, 0.3) is 0 Å². The summed E-state index contributed by atoms with van der Waals surface area (Å²) >= 11 is 3.40. The second-order valence-electron chi connectivity index (χ2n) is 2.30. The summed E-state index contributed by atoms with van der Waals surface area (Å²) < 4.78 is 3.10. The number of aryl methyl sites for hydroxylation is 1. The van der Waals surface area contributed by atoms with Crippen LogP contribution >= 0.6 is 15.9 Å². The Labute approximate surface area is 69.4 Å². The average Bonchev–Trinajstić information content (AvgIpc) is 2.20. The molecular weight excluding hydrogens is 192 g/mol. The Morgan fingerprint density at radius 1 is 1.70 bits per heavy atom.